The Hall–Kier alpha value is -2.68. The van der Waals surface area contributed by atoms with Gasteiger partial charge in [-0.2, -0.15) is 0 Å². The second-order valence-corrected chi connectivity index (χ2v) is 8.88. The standard InChI is InChI=1S/C24H27ClFNO6/c1-14-9-19(32-13-23(30)31)17(10-18(14)25)21-12-24(2,27-22(29)7-8-28)11-20(33-21)15-3-5-16(26)6-4-15/h3-6,9-10,20-21,28H,7-8,11-13H2,1-2H3,(H,27,29)(H,30,31)/t20-,21+,24+/m0/s1. The quantitative estimate of drug-likeness (QED) is 0.526. The van der Waals surface area contributed by atoms with Gasteiger partial charge in [0.05, 0.1) is 18.8 Å². The van der Waals surface area contributed by atoms with E-state index in [9.17, 15) is 14.0 Å². The molecule has 0 unspecified atom stereocenters. The predicted molar refractivity (Wildman–Crippen MR) is 120 cm³/mol. The minimum absolute atomic E-state index is 0.0361. The van der Waals surface area contributed by atoms with E-state index in [1.54, 1.807) is 31.2 Å². The number of aryl methyl sites for hydroxylation is 1. The highest BCUT2D eigenvalue weighted by Gasteiger charge is 2.41. The Morgan fingerprint density at radius 3 is 2.55 bits per heavy atom. The average Bonchev–Trinajstić information content (AvgIpc) is 2.74. The van der Waals surface area contributed by atoms with E-state index in [4.69, 9.17) is 31.3 Å². The van der Waals surface area contributed by atoms with E-state index >= 15 is 0 Å². The van der Waals surface area contributed by atoms with Gasteiger partial charge in [0.15, 0.2) is 6.61 Å². The van der Waals surface area contributed by atoms with Crippen LogP contribution in [0.1, 0.15) is 55.1 Å². The van der Waals surface area contributed by atoms with Crippen LogP contribution >= 0.6 is 11.6 Å². The lowest BCUT2D eigenvalue weighted by atomic mass is 9.81. The van der Waals surface area contributed by atoms with Gasteiger partial charge in [0.1, 0.15) is 11.6 Å². The number of carbonyl (C=O) groups excluding carboxylic acids is 1. The Balaban J connectivity index is 2.00. The molecule has 1 amide bonds. The summed E-state index contributed by atoms with van der Waals surface area (Å²) in [5, 5.41) is 21.6. The number of rotatable bonds is 8. The summed E-state index contributed by atoms with van der Waals surface area (Å²) in [5.74, 6) is -1.47. The molecule has 3 rings (SSSR count). The second-order valence-electron chi connectivity index (χ2n) is 8.48. The predicted octanol–water partition coefficient (Wildman–Crippen LogP) is 4.10. The SMILES string of the molecule is Cc1cc(OCC(=O)O)c([C@H]2C[C@](C)(NC(=O)CCO)C[C@@H](c3ccc(F)cc3)O2)cc1Cl. The largest absolute Gasteiger partial charge is 0.482 e. The molecule has 0 spiro atoms. The zero-order chi connectivity index (χ0) is 24.2. The molecule has 0 radical (unpaired) electrons. The number of carboxylic acids is 1. The minimum atomic E-state index is -1.12. The van der Waals surface area contributed by atoms with Crippen molar-refractivity contribution >= 4 is 23.5 Å². The van der Waals surface area contributed by atoms with E-state index in [0.29, 0.717) is 34.7 Å². The van der Waals surface area contributed by atoms with E-state index < -0.39 is 30.3 Å². The number of ether oxygens (including phenoxy) is 2. The number of aliphatic hydroxyl groups excluding tert-OH is 1. The second kappa shape index (κ2) is 10.5. The van der Waals surface area contributed by atoms with E-state index in [1.165, 1.54) is 12.1 Å². The Kier molecular flexibility index (Phi) is 7.94. The van der Waals surface area contributed by atoms with Crippen LogP contribution in [0.2, 0.25) is 5.02 Å². The molecule has 7 nitrogen and oxygen atoms in total. The van der Waals surface area contributed by atoms with Crippen LogP contribution in [-0.2, 0) is 14.3 Å². The molecule has 1 saturated heterocycles. The number of aliphatic carboxylic acids is 1. The van der Waals surface area contributed by atoms with Gasteiger partial charge in [-0.3, -0.25) is 4.79 Å². The molecule has 0 aromatic heterocycles. The van der Waals surface area contributed by atoms with Crippen LogP contribution in [-0.4, -0.2) is 40.8 Å². The number of hydrogen-bond donors (Lipinski definition) is 3. The molecule has 178 valence electrons. The molecule has 1 heterocycles. The van der Waals surface area contributed by atoms with Crippen molar-refractivity contribution in [3.05, 3.63) is 63.9 Å². The highest BCUT2D eigenvalue weighted by Crippen LogP contribution is 2.46. The maximum Gasteiger partial charge on any atom is 0.341 e. The van der Waals surface area contributed by atoms with Crippen LogP contribution in [0, 0.1) is 12.7 Å². The number of hydrogen-bond acceptors (Lipinski definition) is 5. The van der Waals surface area contributed by atoms with Crippen molar-refractivity contribution in [2.24, 2.45) is 0 Å². The maximum absolute atomic E-state index is 13.5. The summed E-state index contributed by atoms with van der Waals surface area (Å²) in [6.45, 7) is 2.85. The van der Waals surface area contributed by atoms with E-state index in [2.05, 4.69) is 5.32 Å². The van der Waals surface area contributed by atoms with Gasteiger partial charge in [-0.15, -0.1) is 0 Å². The van der Waals surface area contributed by atoms with Crippen LogP contribution in [0.5, 0.6) is 5.75 Å². The van der Waals surface area contributed by atoms with Crippen LogP contribution in [0.4, 0.5) is 4.39 Å². The van der Waals surface area contributed by atoms with Gasteiger partial charge in [-0.05, 0) is 49.2 Å². The fourth-order valence-corrected chi connectivity index (χ4v) is 4.21. The number of carboxylic acid groups (broad SMARTS) is 1. The monoisotopic (exact) mass is 479 g/mol. The van der Waals surface area contributed by atoms with Crippen LogP contribution < -0.4 is 10.1 Å². The van der Waals surface area contributed by atoms with Crippen molar-refractivity contribution in [2.45, 2.75) is 50.9 Å². The van der Waals surface area contributed by atoms with Gasteiger partial charge in [0, 0.05) is 35.4 Å². The summed E-state index contributed by atoms with van der Waals surface area (Å²) < 4.78 is 25.4. The van der Waals surface area contributed by atoms with Crippen molar-refractivity contribution < 1.29 is 33.7 Å². The lowest BCUT2D eigenvalue weighted by molar-refractivity contribution is -0.139. The molecule has 9 heteroatoms. The first-order valence-corrected chi connectivity index (χ1v) is 11.0. The Morgan fingerprint density at radius 2 is 1.91 bits per heavy atom. The van der Waals surface area contributed by atoms with Crippen molar-refractivity contribution in [1.29, 1.82) is 0 Å². The Bertz CT molecular complexity index is 1010. The highest BCUT2D eigenvalue weighted by atomic mass is 35.5. The van der Waals surface area contributed by atoms with E-state index in [0.717, 1.165) is 5.56 Å². The molecule has 1 aliphatic heterocycles. The fraction of sp³-hybridized carbons (Fsp3) is 0.417. The van der Waals surface area contributed by atoms with Crippen LogP contribution in [0.25, 0.3) is 0 Å². The van der Waals surface area contributed by atoms with Gasteiger partial charge in [0.25, 0.3) is 0 Å². The molecular weight excluding hydrogens is 453 g/mol. The third-order valence-corrected chi connectivity index (χ3v) is 6.02. The molecule has 0 aliphatic carbocycles. The van der Waals surface area contributed by atoms with Gasteiger partial charge >= 0.3 is 5.97 Å². The normalized spacial score (nSPS) is 22.6. The lowest BCUT2D eigenvalue weighted by Crippen LogP contribution is -2.51. The topological polar surface area (TPSA) is 105 Å². The average molecular weight is 480 g/mol. The van der Waals surface area contributed by atoms with E-state index in [1.807, 2.05) is 6.92 Å². The third-order valence-electron chi connectivity index (χ3n) is 5.61. The lowest BCUT2D eigenvalue weighted by Gasteiger charge is -2.43. The zero-order valence-electron chi connectivity index (χ0n) is 18.4. The number of nitrogens with one attached hydrogen (secondary N) is 1. The molecule has 0 saturated carbocycles. The third kappa shape index (κ3) is 6.43. The van der Waals surface area contributed by atoms with Gasteiger partial charge in [-0.1, -0.05) is 23.7 Å². The maximum atomic E-state index is 13.5. The van der Waals surface area contributed by atoms with Gasteiger partial charge in [0.2, 0.25) is 5.91 Å². The first-order chi connectivity index (χ1) is 15.6. The number of carbonyl (C=O) groups is 2. The van der Waals surface area contributed by atoms with Crippen molar-refractivity contribution in [3.63, 3.8) is 0 Å². The number of aliphatic hydroxyl groups is 1. The first kappa shape index (κ1) is 25.0. The smallest absolute Gasteiger partial charge is 0.341 e. The summed E-state index contributed by atoms with van der Waals surface area (Å²) >= 11 is 6.37. The fourth-order valence-electron chi connectivity index (χ4n) is 4.04. The summed E-state index contributed by atoms with van der Waals surface area (Å²) in [4.78, 5) is 23.4. The van der Waals surface area contributed by atoms with E-state index in [-0.39, 0.29) is 24.8 Å². The summed E-state index contributed by atoms with van der Waals surface area (Å²) in [6, 6.07) is 9.28. The first-order valence-electron chi connectivity index (χ1n) is 10.6. The van der Waals surface area contributed by atoms with Crippen molar-refractivity contribution in [1.82, 2.24) is 5.32 Å². The minimum Gasteiger partial charge on any atom is -0.482 e. The number of amides is 1. The molecule has 2 aromatic carbocycles. The molecule has 2 aromatic rings. The molecule has 1 aliphatic rings. The van der Waals surface area contributed by atoms with Crippen LogP contribution in [0.15, 0.2) is 36.4 Å². The summed E-state index contributed by atoms with van der Waals surface area (Å²) in [7, 11) is 0. The zero-order valence-corrected chi connectivity index (χ0v) is 19.2. The number of benzene rings is 2. The molecule has 33 heavy (non-hydrogen) atoms. The molecule has 1 fully saturated rings. The highest BCUT2D eigenvalue weighted by molar-refractivity contribution is 6.31. The Morgan fingerprint density at radius 1 is 1.24 bits per heavy atom. The van der Waals surface area contributed by atoms with Gasteiger partial charge < -0.3 is 25.0 Å². The summed E-state index contributed by atoms with van der Waals surface area (Å²) in [5.41, 5.74) is 1.28. The molecule has 3 atom stereocenters. The molecule has 3 N–H and O–H groups in total. The summed E-state index contributed by atoms with van der Waals surface area (Å²) in [6.07, 6.45) is -0.362. The van der Waals surface area contributed by atoms with Crippen molar-refractivity contribution in [3.8, 4) is 5.75 Å². The molecule has 0 bridgehead atoms. The van der Waals surface area contributed by atoms with Crippen molar-refractivity contribution in [2.75, 3.05) is 13.2 Å². The van der Waals surface area contributed by atoms with Gasteiger partial charge in [-0.25, -0.2) is 9.18 Å². The Labute approximate surface area is 196 Å². The molecular formula is C24H27ClFNO6. The van der Waals surface area contributed by atoms with Crippen LogP contribution in [0.3, 0.4) is 0 Å². The number of halogens is 2.